The monoisotopic (exact) mass is 421 g/mol. The molecule has 0 radical (unpaired) electrons. The van der Waals surface area contributed by atoms with Crippen LogP contribution in [0.2, 0.25) is 0 Å². The van der Waals surface area contributed by atoms with Gasteiger partial charge in [0.1, 0.15) is 5.52 Å². The number of hydrogen-bond donors (Lipinski definition) is 3. The van der Waals surface area contributed by atoms with Crippen LogP contribution in [0.15, 0.2) is 41.3 Å². The average molecular weight is 422 g/mol. The second-order valence-corrected chi connectivity index (χ2v) is 8.75. The molecule has 4 heterocycles. The van der Waals surface area contributed by atoms with Crippen LogP contribution in [0, 0.1) is 5.92 Å². The predicted molar refractivity (Wildman–Crippen MR) is 118 cm³/mol. The standard InChI is InChI=1S/C23H27N5O3/c1-14-8-17(27-23(29)30)12-28(11-14)20-6-7-24-10-19(20)25-9-16-4-5-21-22(26-16)18(13-31-21)15-2-3-15/h4-7,10,13-15,17,25,27H,2-3,8-9,11-12H2,1H3,(H,29,30)/t14-,17+/m1/s1. The highest BCUT2D eigenvalue weighted by Gasteiger charge is 2.28. The van der Waals surface area contributed by atoms with E-state index in [4.69, 9.17) is 14.5 Å². The first-order valence-electron chi connectivity index (χ1n) is 10.9. The Morgan fingerprint density at radius 2 is 2.16 bits per heavy atom. The van der Waals surface area contributed by atoms with Gasteiger partial charge in [0.25, 0.3) is 0 Å². The SMILES string of the molecule is C[C@@H]1C[C@H](NC(=O)O)CN(c2ccncc2NCc2ccc3occ(C4CC4)c3n2)C1. The van der Waals surface area contributed by atoms with Crippen molar-refractivity contribution in [2.24, 2.45) is 5.92 Å². The lowest BCUT2D eigenvalue weighted by Gasteiger charge is -2.38. The van der Waals surface area contributed by atoms with E-state index in [0.29, 0.717) is 24.9 Å². The number of pyridine rings is 2. The highest BCUT2D eigenvalue weighted by molar-refractivity contribution is 5.78. The molecule has 1 aliphatic heterocycles. The van der Waals surface area contributed by atoms with E-state index >= 15 is 0 Å². The molecule has 3 aromatic rings. The number of carboxylic acid groups (broad SMARTS) is 1. The van der Waals surface area contributed by atoms with Gasteiger partial charge in [-0.3, -0.25) is 4.98 Å². The molecule has 2 fully saturated rings. The van der Waals surface area contributed by atoms with E-state index < -0.39 is 6.09 Å². The van der Waals surface area contributed by atoms with Gasteiger partial charge in [0.15, 0.2) is 5.58 Å². The molecule has 1 saturated heterocycles. The predicted octanol–water partition coefficient (Wildman–Crippen LogP) is 4.19. The smallest absolute Gasteiger partial charge is 0.404 e. The van der Waals surface area contributed by atoms with Crippen LogP contribution < -0.4 is 15.5 Å². The van der Waals surface area contributed by atoms with Crippen LogP contribution in [0.1, 0.15) is 43.4 Å². The lowest BCUT2D eigenvalue weighted by atomic mass is 9.95. The summed E-state index contributed by atoms with van der Waals surface area (Å²) >= 11 is 0. The van der Waals surface area contributed by atoms with Crippen molar-refractivity contribution >= 4 is 28.6 Å². The first-order chi connectivity index (χ1) is 15.1. The van der Waals surface area contributed by atoms with Gasteiger partial charge in [-0.15, -0.1) is 0 Å². The van der Waals surface area contributed by atoms with Crippen molar-refractivity contribution in [3.05, 3.63) is 48.1 Å². The molecule has 0 unspecified atom stereocenters. The van der Waals surface area contributed by atoms with E-state index in [2.05, 4.69) is 27.4 Å². The number of anilines is 2. The molecule has 8 heteroatoms. The number of fused-ring (bicyclic) bond motifs is 1. The van der Waals surface area contributed by atoms with Crippen LogP contribution in [-0.4, -0.2) is 40.3 Å². The number of nitrogens with one attached hydrogen (secondary N) is 2. The van der Waals surface area contributed by atoms with Gasteiger partial charge in [0, 0.05) is 30.9 Å². The molecule has 0 bridgehead atoms. The second kappa shape index (κ2) is 8.09. The van der Waals surface area contributed by atoms with Crippen LogP contribution in [-0.2, 0) is 6.54 Å². The minimum Gasteiger partial charge on any atom is -0.465 e. The van der Waals surface area contributed by atoms with E-state index in [1.165, 1.54) is 18.4 Å². The van der Waals surface area contributed by atoms with Crippen LogP contribution in [0.4, 0.5) is 16.2 Å². The number of rotatable bonds is 6. The number of furan rings is 1. The van der Waals surface area contributed by atoms with Gasteiger partial charge in [-0.25, -0.2) is 9.78 Å². The van der Waals surface area contributed by atoms with Gasteiger partial charge in [-0.1, -0.05) is 6.92 Å². The molecule has 0 aromatic carbocycles. The zero-order chi connectivity index (χ0) is 21.4. The third-order valence-corrected chi connectivity index (χ3v) is 6.11. The molecule has 31 heavy (non-hydrogen) atoms. The lowest BCUT2D eigenvalue weighted by molar-refractivity contribution is 0.186. The fourth-order valence-corrected chi connectivity index (χ4v) is 4.57. The minimum absolute atomic E-state index is 0.0896. The van der Waals surface area contributed by atoms with Crippen molar-refractivity contribution in [2.75, 3.05) is 23.3 Å². The Labute approximate surface area is 180 Å². The zero-order valence-corrected chi connectivity index (χ0v) is 17.5. The van der Waals surface area contributed by atoms with Crippen LogP contribution in [0.5, 0.6) is 0 Å². The summed E-state index contributed by atoms with van der Waals surface area (Å²) in [5.74, 6) is 0.980. The molecule has 1 aliphatic carbocycles. The molecule has 3 N–H and O–H groups in total. The summed E-state index contributed by atoms with van der Waals surface area (Å²) in [6.45, 7) is 4.24. The Bertz CT molecular complexity index is 1090. The third-order valence-electron chi connectivity index (χ3n) is 6.11. The van der Waals surface area contributed by atoms with Crippen molar-refractivity contribution in [1.82, 2.24) is 15.3 Å². The number of hydrogen-bond acceptors (Lipinski definition) is 6. The van der Waals surface area contributed by atoms with Crippen molar-refractivity contribution in [3.63, 3.8) is 0 Å². The molecule has 2 aliphatic rings. The van der Waals surface area contributed by atoms with Gasteiger partial charge < -0.3 is 25.1 Å². The summed E-state index contributed by atoms with van der Waals surface area (Å²) in [6, 6.07) is 5.87. The molecule has 5 rings (SSSR count). The average Bonchev–Trinajstić information content (AvgIpc) is 3.50. The van der Waals surface area contributed by atoms with E-state index in [9.17, 15) is 4.79 Å². The van der Waals surface area contributed by atoms with Gasteiger partial charge in [0.05, 0.1) is 36.1 Å². The number of nitrogens with zero attached hydrogens (tertiary/aromatic N) is 3. The third kappa shape index (κ3) is 4.28. The maximum Gasteiger partial charge on any atom is 0.404 e. The fraction of sp³-hybridized carbons (Fsp3) is 0.435. The quantitative estimate of drug-likeness (QED) is 0.548. The van der Waals surface area contributed by atoms with Gasteiger partial charge in [0.2, 0.25) is 0 Å². The Morgan fingerprint density at radius 1 is 1.29 bits per heavy atom. The van der Waals surface area contributed by atoms with E-state index in [-0.39, 0.29) is 6.04 Å². The van der Waals surface area contributed by atoms with Crippen LogP contribution in [0.3, 0.4) is 0 Å². The largest absolute Gasteiger partial charge is 0.465 e. The number of aromatic nitrogens is 2. The van der Waals surface area contributed by atoms with Gasteiger partial charge >= 0.3 is 6.09 Å². The van der Waals surface area contributed by atoms with Crippen LogP contribution >= 0.6 is 0 Å². The van der Waals surface area contributed by atoms with E-state index in [0.717, 1.165) is 41.1 Å². The highest BCUT2D eigenvalue weighted by Crippen LogP contribution is 2.43. The van der Waals surface area contributed by atoms with Gasteiger partial charge in [-0.2, -0.15) is 0 Å². The van der Waals surface area contributed by atoms with Crippen molar-refractivity contribution in [2.45, 2.75) is 44.7 Å². The Balaban J connectivity index is 1.33. The topological polar surface area (TPSA) is 104 Å². The Hall–Kier alpha value is -3.29. The molecule has 2 atom stereocenters. The second-order valence-electron chi connectivity index (χ2n) is 8.75. The highest BCUT2D eigenvalue weighted by atomic mass is 16.4. The number of piperidine rings is 1. The molecule has 8 nitrogen and oxygen atoms in total. The van der Waals surface area contributed by atoms with Crippen molar-refractivity contribution in [1.29, 1.82) is 0 Å². The van der Waals surface area contributed by atoms with Crippen LogP contribution in [0.25, 0.3) is 11.1 Å². The molecule has 162 valence electrons. The van der Waals surface area contributed by atoms with Crippen molar-refractivity contribution in [3.8, 4) is 0 Å². The molecule has 0 spiro atoms. The molecule has 1 saturated carbocycles. The summed E-state index contributed by atoms with van der Waals surface area (Å²) in [7, 11) is 0. The van der Waals surface area contributed by atoms with E-state index in [1.807, 2.05) is 30.7 Å². The maximum atomic E-state index is 11.1. The normalized spacial score (nSPS) is 21.3. The molecular weight excluding hydrogens is 394 g/mol. The maximum absolute atomic E-state index is 11.1. The molecule has 3 aromatic heterocycles. The summed E-state index contributed by atoms with van der Waals surface area (Å²) < 4.78 is 5.67. The lowest BCUT2D eigenvalue weighted by Crippen LogP contribution is -2.50. The zero-order valence-electron chi connectivity index (χ0n) is 17.5. The Morgan fingerprint density at radius 3 is 2.97 bits per heavy atom. The molecule has 1 amide bonds. The summed E-state index contributed by atoms with van der Waals surface area (Å²) in [4.78, 5) is 22.5. The van der Waals surface area contributed by atoms with E-state index in [1.54, 1.807) is 6.20 Å². The summed E-state index contributed by atoms with van der Waals surface area (Å²) in [5.41, 5.74) is 5.93. The number of carbonyl (C=O) groups is 1. The van der Waals surface area contributed by atoms with Gasteiger partial charge in [-0.05, 0) is 49.3 Å². The summed E-state index contributed by atoms with van der Waals surface area (Å²) in [5, 5.41) is 15.3. The first kappa shape index (κ1) is 19.7. The molecular formula is C23H27N5O3. The first-order valence-corrected chi connectivity index (χ1v) is 10.9. The minimum atomic E-state index is -0.974. The Kier molecular flexibility index (Phi) is 5.13. The number of amides is 1. The summed E-state index contributed by atoms with van der Waals surface area (Å²) in [6.07, 6.45) is 7.74. The fourth-order valence-electron chi connectivity index (χ4n) is 4.57. The van der Waals surface area contributed by atoms with Crippen molar-refractivity contribution < 1.29 is 14.3 Å².